The molecule has 0 aliphatic carbocycles. The van der Waals surface area contributed by atoms with Crippen LogP contribution in [0.2, 0.25) is 0 Å². The molecule has 2 aromatic rings. The lowest BCUT2D eigenvalue weighted by Gasteiger charge is -2.34. The number of hydrogen-bond acceptors (Lipinski definition) is 5. The summed E-state index contributed by atoms with van der Waals surface area (Å²) in [5.41, 5.74) is 1.82. The summed E-state index contributed by atoms with van der Waals surface area (Å²) in [6, 6.07) is 8.28. The lowest BCUT2D eigenvalue weighted by molar-refractivity contribution is 0.0695. The zero-order valence-corrected chi connectivity index (χ0v) is 16.0. The fourth-order valence-corrected chi connectivity index (χ4v) is 4.70. The SMILES string of the molecule is CCc1ccc(S(=O)(=O)N2CCN(Cc3ccncc3)CC2)cc1C(=O)O. The third-order valence-corrected chi connectivity index (χ3v) is 6.71. The predicted molar refractivity (Wildman–Crippen MR) is 101 cm³/mol. The van der Waals surface area contributed by atoms with E-state index >= 15 is 0 Å². The molecule has 2 heterocycles. The van der Waals surface area contributed by atoms with Crippen LogP contribution in [0.3, 0.4) is 0 Å². The molecule has 1 aromatic heterocycles. The molecule has 1 fully saturated rings. The van der Waals surface area contributed by atoms with Crippen molar-refractivity contribution in [1.82, 2.24) is 14.2 Å². The highest BCUT2D eigenvalue weighted by molar-refractivity contribution is 7.89. The third-order valence-electron chi connectivity index (χ3n) is 4.82. The summed E-state index contributed by atoms with van der Waals surface area (Å²) in [5.74, 6) is -1.11. The van der Waals surface area contributed by atoms with Gasteiger partial charge in [-0.05, 0) is 41.8 Å². The molecular formula is C19H23N3O4S. The van der Waals surface area contributed by atoms with Crippen LogP contribution in [0.25, 0.3) is 0 Å². The van der Waals surface area contributed by atoms with E-state index < -0.39 is 16.0 Å². The average molecular weight is 389 g/mol. The van der Waals surface area contributed by atoms with Gasteiger partial charge in [-0.3, -0.25) is 9.88 Å². The number of aryl methyl sites for hydroxylation is 1. The maximum absolute atomic E-state index is 12.9. The standard InChI is InChI=1S/C19H23N3O4S/c1-2-16-3-4-17(13-18(16)19(23)24)27(25,26)22-11-9-21(10-12-22)14-15-5-7-20-8-6-15/h3-8,13H,2,9-12,14H2,1H3,(H,23,24). The predicted octanol–water partition coefficient (Wildman–Crippen LogP) is 1.85. The number of sulfonamides is 1. The van der Waals surface area contributed by atoms with E-state index in [1.54, 1.807) is 18.5 Å². The van der Waals surface area contributed by atoms with Crippen molar-refractivity contribution in [3.05, 3.63) is 59.4 Å². The van der Waals surface area contributed by atoms with E-state index in [0.29, 0.717) is 38.2 Å². The van der Waals surface area contributed by atoms with Gasteiger partial charge >= 0.3 is 5.97 Å². The smallest absolute Gasteiger partial charge is 0.336 e. The van der Waals surface area contributed by atoms with Crippen LogP contribution < -0.4 is 0 Å². The second-order valence-electron chi connectivity index (χ2n) is 6.51. The molecule has 0 spiro atoms. The molecule has 8 heteroatoms. The number of carboxylic acid groups (broad SMARTS) is 1. The van der Waals surface area contributed by atoms with Crippen molar-refractivity contribution in [2.75, 3.05) is 26.2 Å². The fraction of sp³-hybridized carbons (Fsp3) is 0.368. The van der Waals surface area contributed by atoms with Crippen LogP contribution in [-0.2, 0) is 23.0 Å². The number of pyridine rings is 1. The van der Waals surface area contributed by atoms with Crippen LogP contribution in [0.15, 0.2) is 47.6 Å². The average Bonchev–Trinajstić information content (AvgIpc) is 2.68. The van der Waals surface area contributed by atoms with Crippen LogP contribution in [-0.4, -0.2) is 59.9 Å². The van der Waals surface area contributed by atoms with E-state index in [1.165, 1.54) is 16.4 Å². The minimum absolute atomic E-state index is 0.0414. The van der Waals surface area contributed by atoms with Gasteiger partial charge < -0.3 is 5.11 Å². The lowest BCUT2D eigenvalue weighted by Crippen LogP contribution is -2.48. The number of hydrogen-bond donors (Lipinski definition) is 1. The van der Waals surface area contributed by atoms with Crippen molar-refractivity contribution in [3.8, 4) is 0 Å². The molecular weight excluding hydrogens is 366 g/mol. The molecule has 27 heavy (non-hydrogen) atoms. The van der Waals surface area contributed by atoms with Crippen molar-refractivity contribution in [2.24, 2.45) is 0 Å². The van der Waals surface area contributed by atoms with Gasteiger partial charge in [-0.2, -0.15) is 4.31 Å². The summed E-state index contributed by atoms with van der Waals surface area (Å²) >= 11 is 0. The highest BCUT2D eigenvalue weighted by Crippen LogP contribution is 2.22. The van der Waals surface area contributed by atoms with Crippen molar-refractivity contribution in [3.63, 3.8) is 0 Å². The number of carbonyl (C=O) groups is 1. The van der Waals surface area contributed by atoms with E-state index in [0.717, 1.165) is 12.1 Å². The molecule has 1 aromatic carbocycles. The summed E-state index contributed by atoms with van der Waals surface area (Å²) in [7, 11) is -3.71. The topological polar surface area (TPSA) is 90.8 Å². The number of piperazine rings is 1. The maximum atomic E-state index is 12.9. The molecule has 0 saturated carbocycles. The molecule has 1 aliphatic heterocycles. The van der Waals surface area contributed by atoms with Crippen molar-refractivity contribution < 1.29 is 18.3 Å². The molecule has 0 radical (unpaired) electrons. The number of rotatable bonds is 6. The first-order chi connectivity index (χ1) is 12.9. The van der Waals surface area contributed by atoms with Gasteiger partial charge in [0.1, 0.15) is 0 Å². The number of benzene rings is 1. The Morgan fingerprint density at radius 3 is 2.37 bits per heavy atom. The Morgan fingerprint density at radius 2 is 1.78 bits per heavy atom. The van der Waals surface area contributed by atoms with Gasteiger partial charge in [0.05, 0.1) is 10.5 Å². The van der Waals surface area contributed by atoms with Gasteiger partial charge in [0.25, 0.3) is 0 Å². The molecule has 1 aliphatic rings. The second-order valence-corrected chi connectivity index (χ2v) is 8.45. The molecule has 0 atom stereocenters. The largest absolute Gasteiger partial charge is 0.478 e. The summed E-state index contributed by atoms with van der Waals surface area (Å²) in [6.07, 6.45) is 4.03. The van der Waals surface area contributed by atoms with Gasteiger partial charge in [0.2, 0.25) is 10.0 Å². The second kappa shape index (κ2) is 8.16. The minimum Gasteiger partial charge on any atom is -0.478 e. The first-order valence-electron chi connectivity index (χ1n) is 8.89. The molecule has 144 valence electrons. The van der Waals surface area contributed by atoms with E-state index in [2.05, 4.69) is 9.88 Å². The fourth-order valence-electron chi connectivity index (χ4n) is 3.25. The Morgan fingerprint density at radius 1 is 1.11 bits per heavy atom. The molecule has 7 nitrogen and oxygen atoms in total. The van der Waals surface area contributed by atoms with Crippen LogP contribution in [0.1, 0.15) is 28.4 Å². The van der Waals surface area contributed by atoms with Gasteiger partial charge in [0, 0.05) is 45.1 Å². The van der Waals surface area contributed by atoms with E-state index in [9.17, 15) is 18.3 Å². The molecule has 0 bridgehead atoms. The van der Waals surface area contributed by atoms with Crippen molar-refractivity contribution >= 4 is 16.0 Å². The van der Waals surface area contributed by atoms with Crippen LogP contribution >= 0.6 is 0 Å². The lowest BCUT2D eigenvalue weighted by atomic mass is 10.1. The molecule has 0 unspecified atom stereocenters. The highest BCUT2D eigenvalue weighted by Gasteiger charge is 2.29. The quantitative estimate of drug-likeness (QED) is 0.811. The van der Waals surface area contributed by atoms with E-state index in [1.807, 2.05) is 19.1 Å². The number of aromatic nitrogens is 1. The summed E-state index contributed by atoms with van der Waals surface area (Å²) in [6.45, 7) is 4.61. The van der Waals surface area contributed by atoms with Crippen LogP contribution in [0.5, 0.6) is 0 Å². The number of aromatic carboxylic acids is 1. The van der Waals surface area contributed by atoms with E-state index in [4.69, 9.17) is 0 Å². The Hall–Kier alpha value is -2.29. The zero-order chi connectivity index (χ0) is 19.4. The maximum Gasteiger partial charge on any atom is 0.336 e. The summed E-state index contributed by atoms with van der Waals surface area (Å²) in [4.78, 5) is 17.7. The normalized spacial score (nSPS) is 16.3. The number of nitrogens with zero attached hydrogens (tertiary/aromatic N) is 3. The molecule has 1 saturated heterocycles. The highest BCUT2D eigenvalue weighted by atomic mass is 32.2. The van der Waals surface area contributed by atoms with Crippen molar-refractivity contribution in [2.45, 2.75) is 24.8 Å². The Labute approximate surface area is 159 Å². The monoisotopic (exact) mass is 389 g/mol. The Bertz CT molecular complexity index is 908. The van der Waals surface area contributed by atoms with Gasteiger partial charge in [-0.25, -0.2) is 13.2 Å². The van der Waals surface area contributed by atoms with E-state index in [-0.39, 0.29) is 10.5 Å². The van der Waals surface area contributed by atoms with Crippen LogP contribution in [0, 0.1) is 0 Å². The molecule has 3 rings (SSSR count). The van der Waals surface area contributed by atoms with Gasteiger partial charge in [-0.1, -0.05) is 13.0 Å². The Kier molecular flexibility index (Phi) is 5.88. The molecule has 0 amide bonds. The number of carboxylic acids is 1. The zero-order valence-electron chi connectivity index (χ0n) is 15.2. The first kappa shape index (κ1) is 19.5. The summed E-state index contributed by atoms with van der Waals surface area (Å²) in [5, 5.41) is 9.35. The molecule has 1 N–H and O–H groups in total. The van der Waals surface area contributed by atoms with Gasteiger partial charge in [0.15, 0.2) is 0 Å². The first-order valence-corrected chi connectivity index (χ1v) is 10.3. The Balaban J connectivity index is 1.71. The third kappa shape index (κ3) is 4.35. The minimum atomic E-state index is -3.71. The van der Waals surface area contributed by atoms with Crippen molar-refractivity contribution in [1.29, 1.82) is 0 Å². The summed E-state index contributed by atoms with van der Waals surface area (Å²) < 4.78 is 27.3. The van der Waals surface area contributed by atoms with Gasteiger partial charge in [-0.15, -0.1) is 0 Å². The van der Waals surface area contributed by atoms with Crippen LogP contribution in [0.4, 0.5) is 0 Å².